The number of aromatic nitrogens is 1. The Hall–Kier alpha value is -1.35. The third-order valence-corrected chi connectivity index (χ3v) is 3.62. The van der Waals surface area contributed by atoms with E-state index in [1.165, 1.54) is 12.0 Å². The molecule has 1 heterocycles. The van der Waals surface area contributed by atoms with E-state index in [1.807, 2.05) is 13.1 Å². The van der Waals surface area contributed by atoms with Crippen molar-refractivity contribution >= 4 is 6.08 Å². The van der Waals surface area contributed by atoms with Crippen LogP contribution in [0.5, 0.6) is 5.75 Å². The molecule has 3 heteroatoms. The molecule has 0 bridgehead atoms. The van der Waals surface area contributed by atoms with Crippen LogP contribution in [0.25, 0.3) is 6.08 Å². The molecular weight excluding hydrogens is 224 g/mol. The molecule has 0 aromatic carbocycles. The number of ether oxygens (including phenoxy) is 1. The van der Waals surface area contributed by atoms with Crippen LogP contribution in [-0.2, 0) is 0 Å². The van der Waals surface area contributed by atoms with Crippen LogP contribution in [0, 0.1) is 13.8 Å². The van der Waals surface area contributed by atoms with Crippen LogP contribution < -0.4 is 10.5 Å². The summed E-state index contributed by atoms with van der Waals surface area (Å²) >= 11 is 0. The smallest absolute Gasteiger partial charge is 0.128 e. The molecule has 0 aliphatic heterocycles. The number of aryl methyl sites for hydroxylation is 1. The van der Waals surface area contributed by atoms with Crippen molar-refractivity contribution in [3.8, 4) is 5.75 Å². The molecule has 1 fully saturated rings. The van der Waals surface area contributed by atoms with Crippen LogP contribution in [0.15, 0.2) is 11.8 Å². The number of nitrogens with zero attached hydrogens (tertiary/aromatic N) is 1. The van der Waals surface area contributed by atoms with Gasteiger partial charge in [0.05, 0.1) is 12.8 Å². The molecule has 2 N–H and O–H groups in total. The summed E-state index contributed by atoms with van der Waals surface area (Å²) in [7, 11) is 1.71. The van der Waals surface area contributed by atoms with E-state index in [9.17, 15) is 0 Å². The maximum atomic E-state index is 6.01. The summed E-state index contributed by atoms with van der Waals surface area (Å²) in [5.74, 6) is 0.942. The van der Waals surface area contributed by atoms with Crippen LogP contribution >= 0.6 is 0 Å². The number of nitrogens with two attached hydrogens (primary N) is 1. The monoisotopic (exact) mass is 246 g/mol. The zero-order valence-corrected chi connectivity index (χ0v) is 11.5. The Labute approximate surface area is 109 Å². The summed E-state index contributed by atoms with van der Waals surface area (Å²) in [5, 5.41) is 0. The van der Waals surface area contributed by atoms with Gasteiger partial charge in [-0.2, -0.15) is 0 Å². The standard InChI is InChI=1S/C15H22N2O/c1-10-9-17-14(11(2)15(10)18-3)8-12-5-4-6-13(16)7-12/h8-9,13H,4-7,16H2,1-3H3. The maximum Gasteiger partial charge on any atom is 0.128 e. The van der Waals surface area contributed by atoms with E-state index in [0.29, 0.717) is 6.04 Å². The van der Waals surface area contributed by atoms with Gasteiger partial charge < -0.3 is 10.5 Å². The van der Waals surface area contributed by atoms with Crippen molar-refractivity contribution in [2.75, 3.05) is 7.11 Å². The first-order valence-corrected chi connectivity index (χ1v) is 6.57. The lowest BCUT2D eigenvalue weighted by molar-refractivity contribution is 0.407. The molecule has 1 atom stereocenters. The molecule has 98 valence electrons. The van der Waals surface area contributed by atoms with Crippen LogP contribution in [-0.4, -0.2) is 18.1 Å². The highest BCUT2D eigenvalue weighted by Crippen LogP contribution is 2.28. The number of rotatable bonds is 2. The Morgan fingerprint density at radius 2 is 2.22 bits per heavy atom. The van der Waals surface area contributed by atoms with Crippen molar-refractivity contribution in [2.24, 2.45) is 5.73 Å². The second-order valence-corrected chi connectivity index (χ2v) is 5.14. The summed E-state index contributed by atoms with van der Waals surface area (Å²) in [5.41, 5.74) is 10.6. The first-order chi connectivity index (χ1) is 8.61. The van der Waals surface area contributed by atoms with E-state index in [4.69, 9.17) is 10.5 Å². The lowest BCUT2D eigenvalue weighted by Crippen LogP contribution is -2.23. The summed E-state index contributed by atoms with van der Waals surface area (Å²) in [6.07, 6.45) is 8.54. The van der Waals surface area contributed by atoms with Gasteiger partial charge in [-0.25, -0.2) is 0 Å². The molecule has 0 amide bonds. The Bertz CT molecular complexity index is 466. The van der Waals surface area contributed by atoms with Crippen LogP contribution in [0.4, 0.5) is 0 Å². The predicted molar refractivity (Wildman–Crippen MR) is 74.7 cm³/mol. The highest BCUT2D eigenvalue weighted by molar-refractivity contribution is 5.57. The van der Waals surface area contributed by atoms with E-state index in [1.54, 1.807) is 7.11 Å². The Morgan fingerprint density at radius 3 is 2.89 bits per heavy atom. The predicted octanol–water partition coefficient (Wildman–Crippen LogP) is 2.99. The van der Waals surface area contributed by atoms with Crippen LogP contribution in [0.2, 0.25) is 0 Å². The van der Waals surface area contributed by atoms with Gasteiger partial charge in [0.15, 0.2) is 0 Å². The lowest BCUT2D eigenvalue weighted by Gasteiger charge is -2.20. The first kappa shape index (κ1) is 13.1. The molecule has 1 saturated carbocycles. The fourth-order valence-electron chi connectivity index (χ4n) is 2.65. The maximum absolute atomic E-state index is 6.01. The Kier molecular flexibility index (Phi) is 4.02. The highest BCUT2D eigenvalue weighted by Gasteiger charge is 2.14. The van der Waals surface area contributed by atoms with Gasteiger partial charge in [0.2, 0.25) is 0 Å². The molecule has 1 unspecified atom stereocenters. The molecular formula is C15H22N2O. The molecule has 18 heavy (non-hydrogen) atoms. The molecule has 3 nitrogen and oxygen atoms in total. The third-order valence-electron chi connectivity index (χ3n) is 3.62. The van der Waals surface area contributed by atoms with Crippen molar-refractivity contribution < 1.29 is 4.74 Å². The minimum atomic E-state index is 0.317. The van der Waals surface area contributed by atoms with Crippen molar-refractivity contribution in [1.82, 2.24) is 4.98 Å². The molecule has 1 aliphatic carbocycles. The molecule has 0 radical (unpaired) electrons. The largest absolute Gasteiger partial charge is 0.496 e. The molecule has 0 saturated heterocycles. The van der Waals surface area contributed by atoms with Gasteiger partial charge in [-0.3, -0.25) is 4.98 Å². The number of pyridine rings is 1. The van der Waals surface area contributed by atoms with Crippen molar-refractivity contribution in [3.63, 3.8) is 0 Å². The number of hydrogen-bond donors (Lipinski definition) is 1. The minimum absolute atomic E-state index is 0.317. The van der Waals surface area contributed by atoms with Gasteiger partial charge >= 0.3 is 0 Å². The highest BCUT2D eigenvalue weighted by atomic mass is 16.5. The van der Waals surface area contributed by atoms with E-state index < -0.39 is 0 Å². The average molecular weight is 246 g/mol. The van der Waals surface area contributed by atoms with Gasteiger partial charge in [-0.15, -0.1) is 0 Å². The van der Waals surface area contributed by atoms with E-state index in [-0.39, 0.29) is 0 Å². The Morgan fingerprint density at radius 1 is 1.44 bits per heavy atom. The molecule has 2 rings (SSSR count). The summed E-state index contributed by atoms with van der Waals surface area (Å²) in [6.45, 7) is 4.08. The van der Waals surface area contributed by atoms with Crippen molar-refractivity contribution in [3.05, 3.63) is 28.6 Å². The van der Waals surface area contributed by atoms with Gasteiger partial charge in [-0.1, -0.05) is 5.57 Å². The molecule has 1 aliphatic rings. The molecule has 0 spiro atoms. The average Bonchev–Trinajstić information content (AvgIpc) is 2.34. The molecule has 1 aromatic heterocycles. The first-order valence-electron chi connectivity index (χ1n) is 6.57. The van der Waals surface area contributed by atoms with Crippen LogP contribution in [0.1, 0.15) is 42.5 Å². The van der Waals surface area contributed by atoms with Gasteiger partial charge in [0, 0.05) is 23.4 Å². The lowest BCUT2D eigenvalue weighted by atomic mass is 9.90. The van der Waals surface area contributed by atoms with Gasteiger partial charge in [0.1, 0.15) is 5.75 Å². The second kappa shape index (κ2) is 5.53. The molecule has 1 aromatic rings. The normalized spacial score (nSPS) is 22.2. The Balaban J connectivity index is 2.31. The third kappa shape index (κ3) is 2.72. The van der Waals surface area contributed by atoms with Gasteiger partial charge in [-0.05, 0) is 45.6 Å². The van der Waals surface area contributed by atoms with Gasteiger partial charge in [0.25, 0.3) is 0 Å². The van der Waals surface area contributed by atoms with Crippen LogP contribution in [0.3, 0.4) is 0 Å². The van der Waals surface area contributed by atoms with Crippen molar-refractivity contribution in [2.45, 2.75) is 45.6 Å². The van der Waals surface area contributed by atoms with Crippen molar-refractivity contribution in [1.29, 1.82) is 0 Å². The fraction of sp³-hybridized carbons (Fsp3) is 0.533. The fourth-order valence-corrected chi connectivity index (χ4v) is 2.65. The number of hydrogen-bond acceptors (Lipinski definition) is 3. The van der Waals surface area contributed by atoms with E-state index in [2.05, 4.69) is 18.0 Å². The quantitative estimate of drug-likeness (QED) is 0.872. The SMILES string of the molecule is COc1c(C)cnc(C=C2CCCC(N)C2)c1C. The summed E-state index contributed by atoms with van der Waals surface area (Å²) in [4.78, 5) is 4.51. The number of methoxy groups -OCH3 is 1. The van der Waals surface area contributed by atoms with E-state index >= 15 is 0 Å². The zero-order valence-electron chi connectivity index (χ0n) is 11.5. The summed E-state index contributed by atoms with van der Waals surface area (Å²) in [6, 6.07) is 0.317. The summed E-state index contributed by atoms with van der Waals surface area (Å²) < 4.78 is 5.43. The second-order valence-electron chi connectivity index (χ2n) is 5.14. The topological polar surface area (TPSA) is 48.1 Å². The van der Waals surface area contributed by atoms with E-state index in [0.717, 1.165) is 41.8 Å². The zero-order chi connectivity index (χ0) is 13.1. The minimum Gasteiger partial charge on any atom is -0.496 e.